The van der Waals surface area contributed by atoms with Crippen molar-refractivity contribution in [3.05, 3.63) is 58.6 Å². The first-order chi connectivity index (χ1) is 10.3. The second-order valence-corrected chi connectivity index (χ2v) is 6.08. The Bertz CT molecular complexity index is 1020. The number of benzene rings is 2. The molecule has 0 radical (unpaired) electrons. The van der Waals surface area contributed by atoms with Gasteiger partial charge in [-0.15, -0.1) is 0 Å². The van der Waals surface area contributed by atoms with E-state index in [1.165, 1.54) is 12.1 Å². The van der Waals surface area contributed by atoms with Crippen molar-refractivity contribution in [1.29, 1.82) is 0 Å². The van der Waals surface area contributed by atoms with Gasteiger partial charge in [0.15, 0.2) is 5.58 Å². The molecule has 0 spiro atoms. The summed E-state index contributed by atoms with van der Waals surface area (Å²) in [6.07, 6.45) is 0. The van der Waals surface area contributed by atoms with Crippen LogP contribution < -0.4 is 10.5 Å². The zero-order chi connectivity index (χ0) is 15.9. The van der Waals surface area contributed by atoms with E-state index in [1.54, 1.807) is 0 Å². The standard InChI is InChI=1S/C13H8F2N2O4S/c14-7-1-3-10(9(15)5-7)17-22(19,20)8-2-4-11-12(6-8)21-13(18)16-11/h1-6,17H,(H,16,18). The summed E-state index contributed by atoms with van der Waals surface area (Å²) in [6, 6.07) is 6.14. The number of rotatable bonds is 3. The number of sulfonamides is 1. The molecule has 0 saturated carbocycles. The number of aromatic amines is 1. The largest absolute Gasteiger partial charge is 0.417 e. The van der Waals surface area contributed by atoms with Gasteiger partial charge in [-0.25, -0.2) is 22.0 Å². The third kappa shape index (κ3) is 2.58. The molecule has 0 aliphatic carbocycles. The molecule has 0 unspecified atom stereocenters. The normalized spacial score (nSPS) is 11.7. The molecule has 0 atom stereocenters. The Hall–Kier alpha value is -2.68. The number of anilines is 1. The van der Waals surface area contributed by atoms with Gasteiger partial charge in [-0.1, -0.05) is 0 Å². The fourth-order valence-electron chi connectivity index (χ4n) is 1.87. The second kappa shape index (κ2) is 4.95. The Labute approximate surface area is 122 Å². The number of halogens is 2. The smallest absolute Gasteiger partial charge is 0.408 e. The lowest BCUT2D eigenvalue weighted by molar-refractivity contribution is 0.554. The molecule has 0 amide bonds. The highest BCUT2D eigenvalue weighted by atomic mass is 32.2. The number of aromatic nitrogens is 1. The number of hydrogen-bond acceptors (Lipinski definition) is 4. The SMILES string of the molecule is O=c1[nH]c2ccc(S(=O)(=O)Nc3ccc(F)cc3F)cc2o1. The number of fused-ring (bicyclic) bond motifs is 1. The molecule has 3 aromatic rings. The van der Waals surface area contributed by atoms with Crippen LogP contribution in [0, 0.1) is 11.6 Å². The summed E-state index contributed by atoms with van der Waals surface area (Å²) >= 11 is 0. The van der Waals surface area contributed by atoms with Crippen LogP contribution in [0.1, 0.15) is 0 Å². The maximum absolute atomic E-state index is 13.5. The number of hydrogen-bond donors (Lipinski definition) is 2. The molecule has 0 bridgehead atoms. The van der Waals surface area contributed by atoms with Crippen LogP contribution in [0.5, 0.6) is 0 Å². The fraction of sp³-hybridized carbons (Fsp3) is 0. The summed E-state index contributed by atoms with van der Waals surface area (Å²) in [5.74, 6) is -2.59. The Morgan fingerprint density at radius 3 is 2.59 bits per heavy atom. The Kier molecular flexibility index (Phi) is 3.21. The summed E-state index contributed by atoms with van der Waals surface area (Å²) < 4.78 is 57.5. The molecule has 0 aliphatic rings. The number of nitrogens with one attached hydrogen (secondary N) is 2. The minimum Gasteiger partial charge on any atom is -0.408 e. The Morgan fingerprint density at radius 1 is 1.09 bits per heavy atom. The second-order valence-electron chi connectivity index (χ2n) is 4.40. The molecule has 1 heterocycles. The highest BCUT2D eigenvalue weighted by Crippen LogP contribution is 2.22. The summed E-state index contributed by atoms with van der Waals surface area (Å²) in [4.78, 5) is 13.2. The minimum absolute atomic E-state index is 0.0486. The third-order valence-corrected chi connectivity index (χ3v) is 4.24. The molecule has 6 nitrogen and oxygen atoms in total. The van der Waals surface area contributed by atoms with Gasteiger partial charge in [0.1, 0.15) is 11.6 Å². The van der Waals surface area contributed by atoms with E-state index in [2.05, 4.69) is 4.98 Å². The van der Waals surface area contributed by atoms with Crippen LogP contribution in [0.3, 0.4) is 0 Å². The summed E-state index contributed by atoms with van der Waals surface area (Å²) in [6.45, 7) is 0. The topological polar surface area (TPSA) is 92.2 Å². The van der Waals surface area contributed by atoms with Crippen LogP contribution in [-0.4, -0.2) is 13.4 Å². The minimum atomic E-state index is -4.12. The van der Waals surface area contributed by atoms with E-state index >= 15 is 0 Å². The molecule has 0 aliphatic heterocycles. The van der Waals surface area contributed by atoms with Crippen LogP contribution in [0.2, 0.25) is 0 Å². The zero-order valence-electron chi connectivity index (χ0n) is 10.8. The molecule has 2 N–H and O–H groups in total. The van der Waals surface area contributed by atoms with Gasteiger partial charge in [0.05, 0.1) is 16.1 Å². The van der Waals surface area contributed by atoms with Gasteiger partial charge in [-0.3, -0.25) is 9.71 Å². The van der Waals surface area contributed by atoms with Gasteiger partial charge in [0.2, 0.25) is 0 Å². The van der Waals surface area contributed by atoms with E-state index in [4.69, 9.17) is 4.42 Å². The van der Waals surface area contributed by atoms with Crippen molar-refractivity contribution in [2.24, 2.45) is 0 Å². The monoisotopic (exact) mass is 326 g/mol. The highest BCUT2D eigenvalue weighted by Gasteiger charge is 2.18. The average molecular weight is 326 g/mol. The Balaban J connectivity index is 2.01. The predicted octanol–water partition coefficient (Wildman–Crippen LogP) is 2.20. The molecule has 2 aromatic carbocycles. The van der Waals surface area contributed by atoms with E-state index < -0.39 is 33.1 Å². The van der Waals surface area contributed by atoms with Crippen molar-refractivity contribution in [2.45, 2.75) is 4.90 Å². The lowest BCUT2D eigenvalue weighted by atomic mass is 10.3. The van der Waals surface area contributed by atoms with Gasteiger partial charge in [-0.2, -0.15) is 0 Å². The van der Waals surface area contributed by atoms with Crippen molar-refractivity contribution in [3.8, 4) is 0 Å². The Morgan fingerprint density at radius 2 is 1.86 bits per heavy atom. The van der Waals surface area contributed by atoms with Crippen molar-refractivity contribution < 1.29 is 21.6 Å². The number of oxazole rings is 1. The lowest BCUT2D eigenvalue weighted by Gasteiger charge is -2.08. The van der Waals surface area contributed by atoms with Crippen molar-refractivity contribution in [1.82, 2.24) is 4.98 Å². The van der Waals surface area contributed by atoms with Crippen molar-refractivity contribution in [3.63, 3.8) is 0 Å². The third-order valence-electron chi connectivity index (χ3n) is 2.88. The zero-order valence-corrected chi connectivity index (χ0v) is 11.6. The molecule has 1 aromatic heterocycles. The van der Waals surface area contributed by atoms with Gasteiger partial charge in [0.25, 0.3) is 10.0 Å². The van der Waals surface area contributed by atoms with E-state index in [0.29, 0.717) is 11.6 Å². The number of H-pyrrole nitrogens is 1. The molecule has 0 saturated heterocycles. The maximum atomic E-state index is 13.5. The molecule has 22 heavy (non-hydrogen) atoms. The van der Waals surface area contributed by atoms with Gasteiger partial charge < -0.3 is 4.42 Å². The molecule has 114 valence electrons. The highest BCUT2D eigenvalue weighted by molar-refractivity contribution is 7.92. The lowest BCUT2D eigenvalue weighted by Crippen LogP contribution is -2.14. The van der Waals surface area contributed by atoms with Crippen LogP contribution >= 0.6 is 0 Å². The molecule has 0 fully saturated rings. The van der Waals surface area contributed by atoms with Crippen LogP contribution in [0.4, 0.5) is 14.5 Å². The van der Waals surface area contributed by atoms with Gasteiger partial charge in [0, 0.05) is 12.1 Å². The van der Waals surface area contributed by atoms with Gasteiger partial charge in [-0.05, 0) is 24.3 Å². The first kappa shape index (κ1) is 14.3. The van der Waals surface area contributed by atoms with Gasteiger partial charge >= 0.3 is 5.76 Å². The van der Waals surface area contributed by atoms with E-state index in [-0.39, 0.29) is 10.5 Å². The first-order valence-electron chi connectivity index (χ1n) is 5.96. The predicted molar refractivity (Wildman–Crippen MR) is 74.0 cm³/mol. The summed E-state index contributed by atoms with van der Waals surface area (Å²) in [7, 11) is -4.12. The molecular weight excluding hydrogens is 318 g/mol. The van der Waals surface area contributed by atoms with Crippen LogP contribution in [0.25, 0.3) is 11.1 Å². The van der Waals surface area contributed by atoms with Crippen molar-refractivity contribution >= 4 is 26.8 Å². The van der Waals surface area contributed by atoms with E-state index in [1.807, 2.05) is 4.72 Å². The molecule has 9 heteroatoms. The average Bonchev–Trinajstić information content (AvgIpc) is 2.81. The summed E-state index contributed by atoms with van der Waals surface area (Å²) in [5, 5.41) is 0. The summed E-state index contributed by atoms with van der Waals surface area (Å²) in [5.41, 5.74) is -0.0126. The van der Waals surface area contributed by atoms with Crippen molar-refractivity contribution in [2.75, 3.05) is 4.72 Å². The fourth-order valence-corrected chi connectivity index (χ4v) is 2.95. The van der Waals surface area contributed by atoms with Crippen LogP contribution in [-0.2, 0) is 10.0 Å². The molecule has 3 rings (SSSR count). The quantitative estimate of drug-likeness (QED) is 0.772. The van der Waals surface area contributed by atoms with E-state index in [9.17, 15) is 22.0 Å². The first-order valence-corrected chi connectivity index (χ1v) is 7.44. The van der Waals surface area contributed by atoms with Crippen LogP contribution in [0.15, 0.2) is 50.5 Å². The maximum Gasteiger partial charge on any atom is 0.417 e. The molecular formula is C13H8F2N2O4S. The van der Waals surface area contributed by atoms with E-state index in [0.717, 1.165) is 18.2 Å².